The Balaban J connectivity index is 0.00000131. The van der Waals surface area contributed by atoms with E-state index in [0.717, 1.165) is 44.3 Å². The van der Waals surface area contributed by atoms with Gasteiger partial charge in [0.25, 0.3) is 0 Å². The van der Waals surface area contributed by atoms with Gasteiger partial charge in [0.2, 0.25) is 5.78 Å². The number of imidazole rings is 2. The van der Waals surface area contributed by atoms with Gasteiger partial charge in [-0.1, -0.05) is 32.9 Å². The molecule has 0 bridgehead atoms. The van der Waals surface area contributed by atoms with Gasteiger partial charge >= 0.3 is 0 Å². The van der Waals surface area contributed by atoms with E-state index < -0.39 is 0 Å². The smallest absolute Gasteiger partial charge is 0.215 e. The SMILES string of the molecule is CC(Cn1c2ccccc2n2cc(C(C)(C)C)nc12)N1CCOCC1.Cl.Cl. The fourth-order valence-corrected chi connectivity index (χ4v) is 3.68. The second kappa shape index (κ2) is 8.39. The molecule has 0 N–H and O–H groups in total. The number of hydrogen-bond donors (Lipinski definition) is 0. The Bertz CT molecular complexity index is 891. The maximum atomic E-state index is 5.50. The lowest BCUT2D eigenvalue weighted by Gasteiger charge is -2.32. The summed E-state index contributed by atoms with van der Waals surface area (Å²) in [4.78, 5) is 7.52. The van der Waals surface area contributed by atoms with Crippen molar-refractivity contribution in [1.82, 2.24) is 18.9 Å². The summed E-state index contributed by atoms with van der Waals surface area (Å²) in [5, 5.41) is 0. The number of nitrogens with zero attached hydrogens (tertiary/aromatic N) is 4. The number of morpholine rings is 1. The van der Waals surface area contributed by atoms with Crippen LogP contribution in [0.3, 0.4) is 0 Å². The minimum atomic E-state index is 0. The Morgan fingerprint density at radius 3 is 2.33 bits per heavy atom. The van der Waals surface area contributed by atoms with Crippen molar-refractivity contribution >= 4 is 41.6 Å². The summed E-state index contributed by atoms with van der Waals surface area (Å²) in [5.74, 6) is 1.05. The van der Waals surface area contributed by atoms with E-state index in [1.807, 2.05) is 0 Å². The van der Waals surface area contributed by atoms with Crippen LogP contribution in [-0.2, 0) is 16.7 Å². The predicted molar refractivity (Wildman–Crippen MR) is 116 cm³/mol. The first-order valence-corrected chi connectivity index (χ1v) is 9.24. The highest BCUT2D eigenvalue weighted by Gasteiger charge is 2.23. The number of ether oxygens (including phenoxy) is 1. The van der Waals surface area contributed by atoms with Crippen molar-refractivity contribution in [3.63, 3.8) is 0 Å². The Kier molecular flexibility index (Phi) is 6.85. The van der Waals surface area contributed by atoms with Gasteiger partial charge in [-0.2, -0.15) is 0 Å². The first-order chi connectivity index (χ1) is 11.9. The van der Waals surface area contributed by atoms with Crippen LogP contribution in [0.4, 0.5) is 0 Å². The van der Waals surface area contributed by atoms with Crippen molar-refractivity contribution in [3.8, 4) is 0 Å². The lowest BCUT2D eigenvalue weighted by Crippen LogP contribution is -2.43. The highest BCUT2D eigenvalue weighted by molar-refractivity contribution is 5.85. The van der Waals surface area contributed by atoms with Gasteiger partial charge in [0, 0.05) is 37.3 Å². The van der Waals surface area contributed by atoms with E-state index in [1.54, 1.807) is 0 Å². The first kappa shape index (κ1) is 22.0. The molecule has 1 unspecified atom stereocenters. The van der Waals surface area contributed by atoms with E-state index >= 15 is 0 Å². The molecular formula is C20H30Cl2N4O. The summed E-state index contributed by atoms with van der Waals surface area (Å²) in [6, 6.07) is 9.06. The topological polar surface area (TPSA) is 34.7 Å². The highest BCUT2D eigenvalue weighted by Crippen LogP contribution is 2.27. The van der Waals surface area contributed by atoms with Crippen LogP contribution in [0.1, 0.15) is 33.4 Å². The second-order valence-electron chi connectivity index (χ2n) is 8.14. The largest absolute Gasteiger partial charge is 0.379 e. The van der Waals surface area contributed by atoms with Crippen LogP contribution in [0.2, 0.25) is 0 Å². The molecule has 1 saturated heterocycles. The van der Waals surface area contributed by atoms with Crippen LogP contribution in [0, 0.1) is 0 Å². The Morgan fingerprint density at radius 1 is 1.07 bits per heavy atom. The molecule has 0 spiro atoms. The highest BCUT2D eigenvalue weighted by atomic mass is 35.5. The second-order valence-corrected chi connectivity index (χ2v) is 8.14. The molecule has 1 aliphatic rings. The van der Waals surface area contributed by atoms with Crippen LogP contribution in [0.15, 0.2) is 30.5 Å². The number of rotatable bonds is 3. The summed E-state index contributed by atoms with van der Waals surface area (Å²) < 4.78 is 10.1. The Hall–Kier alpha value is -1.27. The zero-order chi connectivity index (χ0) is 17.6. The fourth-order valence-electron chi connectivity index (χ4n) is 3.68. The summed E-state index contributed by atoms with van der Waals surface area (Å²) >= 11 is 0. The van der Waals surface area contributed by atoms with Gasteiger partial charge < -0.3 is 9.30 Å². The minimum Gasteiger partial charge on any atom is -0.379 e. The molecule has 7 heteroatoms. The summed E-state index contributed by atoms with van der Waals surface area (Å²) in [5.41, 5.74) is 3.68. The lowest BCUT2D eigenvalue weighted by molar-refractivity contribution is 0.0173. The zero-order valence-corrected chi connectivity index (χ0v) is 18.1. The fraction of sp³-hybridized carbons (Fsp3) is 0.550. The van der Waals surface area contributed by atoms with Crippen LogP contribution < -0.4 is 0 Å². The normalized spacial score (nSPS) is 16.9. The summed E-state index contributed by atoms with van der Waals surface area (Å²) in [6.07, 6.45) is 2.20. The van der Waals surface area contributed by atoms with E-state index in [-0.39, 0.29) is 30.2 Å². The Labute approximate surface area is 173 Å². The number of halogens is 2. The van der Waals surface area contributed by atoms with Crippen LogP contribution >= 0.6 is 24.8 Å². The van der Waals surface area contributed by atoms with Gasteiger partial charge in [-0.25, -0.2) is 4.98 Å². The maximum absolute atomic E-state index is 5.50. The van der Waals surface area contributed by atoms with Crippen molar-refractivity contribution in [3.05, 3.63) is 36.2 Å². The van der Waals surface area contributed by atoms with E-state index in [0.29, 0.717) is 6.04 Å². The molecule has 27 heavy (non-hydrogen) atoms. The average Bonchev–Trinajstić information content (AvgIpc) is 3.15. The number of hydrogen-bond acceptors (Lipinski definition) is 3. The molecule has 0 amide bonds. The molecule has 150 valence electrons. The van der Waals surface area contributed by atoms with Crippen LogP contribution in [-0.4, -0.2) is 51.2 Å². The molecule has 0 aliphatic carbocycles. The molecule has 1 aliphatic heterocycles. The summed E-state index contributed by atoms with van der Waals surface area (Å²) in [6.45, 7) is 13.6. The van der Waals surface area contributed by atoms with Crippen molar-refractivity contribution in [2.75, 3.05) is 26.3 Å². The first-order valence-electron chi connectivity index (χ1n) is 9.24. The van der Waals surface area contributed by atoms with Gasteiger partial charge in [-0.15, -0.1) is 24.8 Å². The molecule has 3 heterocycles. The third-order valence-electron chi connectivity index (χ3n) is 5.25. The third kappa shape index (κ3) is 4.11. The van der Waals surface area contributed by atoms with E-state index in [1.165, 1.54) is 11.0 Å². The summed E-state index contributed by atoms with van der Waals surface area (Å²) in [7, 11) is 0. The molecule has 1 fully saturated rings. The molecule has 1 aromatic carbocycles. The molecule has 4 rings (SSSR count). The molecule has 3 aromatic rings. The maximum Gasteiger partial charge on any atom is 0.215 e. The number of aromatic nitrogens is 3. The van der Waals surface area contributed by atoms with Crippen molar-refractivity contribution < 1.29 is 4.74 Å². The molecule has 5 nitrogen and oxygen atoms in total. The quantitative estimate of drug-likeness (QED) is 0.647. The van der Waals surface area contributed by atoms with E-state index in [4.69, 9.17) is 9.72 Å². The van der Waals surface area contributed by atoms with Gasteiger partial charge in [0.05, 0.1) is 29.9 Å². The number of para-hydroxylation sites is 2. The van der Waals surface area contributed by atoms with Crippen molar-refractivity contribution in [1.29, 1.82) is 0 Å². The van der Waals surface area contributed by atoms with Crippen molar-refractivity contribution in [2.45, 2.75) is 45.7 Å². The van der Waals surface area contributed by atoms with Crippen molar-refractivity contribution in [2.24, 2.45) is 0 Å². The van der Waals surface area contributed by atoms with Gasteiger partial charge in [-0.3, -0.25) is 9.30 Å². The Morgan fingerprint density at radius 2 is 1.70 bits per heavy atom. The molecule has 2 aromatic heterocycles. The monoisotopic (exact) mass is 412 g/mol. The van der Waals surface area contributed by atoms with Gasteiger partial charge in [0.15, 0.2) is 0 Å². The number of benzene rings is 1. The standard InChI is InChI=1S/C20H28N4O.2ClH/c1-15(22-9-11-25-12-10-22)13-23-16-7-5-6-8-17(16)24-14-18(20(2,3)4)21-19(23)24;;/h5-8,14-15H,9-13H2,1-4H3;2*1H. The third-order valence-corrected chi connectivity index (χ3v) is 5.25. The van der Waals surface area contributed by atoms with E-state index in [2.05, 4.69) is 72.0 Å². The molecule has 1 atom stereocenters. The predicted octanol–water partition coefficient (Wildman–Crippen LogP) is 4.15. The van der Waals surface area contributed by atoms with Gasteiger partial charge in [0.1, 0.15) is 0 Å². The minimum absolute atomic E-state index is 0. The lowest BCUT2D eigenvalue weighted by atomic mass is 9.93. The zero-order valence-electron chi connectivity index (χ0n) is 16.5. The van der Waals surface area contributed by atoms with E-state index in [9.17, 15) is 0 Å². The van der Waals surface area contributed by atoms with Crippen LogP contribution in [0.25, 0.3) is 16.8 Å². The van der Waals surface area contributed by atoms with Crippen LogP contribution in [0.5, 0.6) is 0 Å². The number of fused-ring (bicyclic) bond motifs is 3. The molecular weight excluding hydrogens is 383 g/mol. The van der Waals surface area contributed by atoms with Gasteiger partial charge in [-0.05, 0) is 19.1 Å². The average molecular weight is 413 g/mol. The molecule has 0 saturated carbocycles. The molecule has 0 radical (unpaired) electrons.